The Hall–Kier alpha value is -2.16. The Labute approximate surface area is 200 Å². The molecule has 3 rings (SSSR count). The SMILES string of the molecule is CC1CCCN(C(C)(C)CNC(=O)c2cc(S(=O)(=O)N(C)c3ccc(F)cc3)ccc2Cl)C1. The summed E-state index contributed by atoms with van der Waals surface area (Å²) in [5.74, 6) is -0.278. The molecule has 1 fully saturated rings. The summed E-state index contributed by atoms with van der Waals surface area (Å²) in [7, 11) is -2.61. The molecule has 33 heavy (non-hydrogen) atoms. The Balaban J connectivity index is 1.77. The van der Waals surface area contributed by atoms with Crippen LogP contribution in [0.1, 0.15) is 44.0 Å². The molecular weight excluding hydrogens is 465 g/mol. The van der Waals surface area contributed by atoms with Gasteiger partial charge >= 0.3 is 0 Å². The van der Waals surface area contributed by atoms with Crippen molar-refractivity contribution < 1.29 is 17.6 Å². The smallest absolute Gasteiger partial charge is 0.264 e. The molecule has 0 aliphatic carbocycles. The molecule has 0 bridgehead atoms. The van der Waals surface area contributed by atoms with Crippen molar-refractivity contribution in [2.75, 3.05) is 31.0 Å². The van der Waals surface area contributed by atoms with Crippen molar-refractivity contribution in [3.05, 3.63) is 58.9 Å². The van der Waals surface area contributed by atoms with Gasteiger partial charge in [0.05, 0.1) is 21.2 Å². The molecule has 2 aromatic carbocycles. The fraction of sp³-hybridized carbons (Fsp3) is 0.458. The Morgan fingerprint density at radius 2 is 1.91 bits per heavy atom. The number of amides is 1. The maximum absolute atomic E-state index is 13.2. The summed E-state index contributed by atoms with van der Waals surface area (Å²) in [4.78, 5) is 15.3. The van der Waals surface area contributed by atoms with Crippen molar-refractivity contribution in [2.24, 2.45) is 5.92 Å². The van der Waals surface area contributed by atoms with E-state index in [2.05, 4.69) is 31.0 Å². The van der Waals surface area contributed by atoms with Crippen LogP contribution in [0, 0.1) is 11.7 Å². The zero-order chi connectivity index (χ0) is 24.4. The molecule has 1 aliphatic rings. The molecule has 1 atom stereocenters. The van der Waals surface area contributed by atoms with E-state index in [0.29, 0.717) is 18.2 Å². The number of nitrogens with zero attached hydrogens (tertiary/aromatic N) is 2. The molecule has 1 amide bonds. The third-order valence-corrected chi connectivity index (χ3v) is 8.34. The van der Waals surface area contributed by atoms with E-state index in [-0.39, 0.29) is 21.0 Å². The van der Waals surface area contributed by atoms with Gasteiger partial charge in [-0.3, -0.25) is 14.0 Å². The van der Waals surface area contributed by atoms with Crippen LogP contribution in [-0.4, -0.2) is 51.4 Å². The molecule has 1 N–H and O–H groups in total. The van der Waals surface area contributed by atoms with Crippen molar-refractivity contribution >= 4 is 33.2 Å². The number of likely N-dealkylation sites (tertiary alicyclic amines) is 1. The molecule has 1 unspecified atom stereocenters. The number of carbonyl (C=O) groups is 1. The van der Waals surface area contributed by atoms with E-state index in [9.17, 15) is 17.6 Å². The molecule has 0 saturated carbocycles. The number of piperidine rings is 1. The lowest BCUT2D eigenvalue weighted by Gasteiger charge is -2.43. The van der Waals surface area contributed by atoms with Crippen LogP contribution >= 0.6 is 11.6 Å². The topological polar surface area (TPSA) is 69.7 Å². The molecule has 1 heterocycles. The average molecular weight is 496 g/mol. The second-order valence-electron chi connectivity index (χ2n) is 9.28. The minimum absolute atomic E-state index is 0.0759. The number of hydrogen-bond donors (Lipinski definition) is 1. The minimum Gasteiger partial charge on any atom is -0.350 e. The first-order chi connectivity index (χ1) is 15.4. The highest BCUT2D eigenvalue weighted by molar-refractivity contribution is 7.92. The highest BCUT2D eigenvalue weighted by Crippen LogP contribution is 2.27. The van der Waals surface area contributed by atoms with Gasteiger partial charge in [-0.1, -0.05) is 18.5 Å². The van der Waals surface area contributed by atoms with Crippen LogP contribution in [0.15, 0.2) is 47.4 Å². The van der Waals surface area contributed by atoms with Gasteiger partial charge in [0.15, 0.2) is 0 Å². The Kier molecular flexibility index (Phi) is 7.71. The average Bonchev–Trinajstić information content (AvgIpc) is 2.77. The molecule has 1 aliphatic heterocycles. The van der Waals surface area contributed by atoms with Crippen LogP contribution in [0.2, 0.25) is 5.02 Å². The normalized spacial score (nSPS) is 17.6. The predicted molar refractivity (Wildman–Crippen MR) is 130 cm³/mol. The second kappa shape index (κ2) is 9.99. The van der Waals surface area contributed by atoms with E-state index in [0.717, 1.165) is 23.8 Å². The van der Waals surface area contributed by atoms with Crippen LogP contribution in [-0.2, 0) is 10.0 Å². The van der Waals surface area contributed by atoms with Gasteiger partial charge in [-0.05, 0) is 81.6 Å². The largest absolute Gasteiger partial charge is 0.350 e. The molecule has 180 valence electrons. The van der Waals surface area contributed by atoms with Crippen LogP contribution < -0.4 is 9.62 Å². The number of benzene rings is 2. The number of rotatable bonds is 7. The molecule has 0 aromatic heterocycles. The molecule has 6 nitrogen and oxygen atoms in total. The number of hydrogen-bond acceptors (Lipinski definition) is 4. The standard InChI is InChI=1S/C24H31ClFN3O3S/c1-17-6-5-13-29(15-17)24(2,3)16-27-23(30)21-14-20(11-12-22(21)25)33(31,32)28(4)19-9-7-18(26)8-10-19/h7-12,14,17H,5-6,13,15-16H2,1-4H3,(H,27,30). The highest BCUT2D eigenvalue weighted by Gasteiger charge is 2.31. The number of halogens is 2. The first-order valence-electron chi connectivity index (χ1n) is 11.0. The van der Waals surface area contributed by atoms with Gasteiger partial charge in [0.1, 0.15) is 5.82 Å². The minimum atomic E-state index is -3.98. The first-order valence-corrected chi connectivity index (χ1v) is 12.8. The van der Waals surface area contributed by atoms with E-state index in [1.165, 1.54) is 55.9 Å². The van der Waals surface area contributed by atoms with Gasteiger partial charge in [0, 0.05) is 25.7 Å². The molecule has 2 aromatic rings. The summed E-state index contributed by atoms with van der Waals surface area (Å²) in [6, 6.07) is 9.16. The third kappa shape index (κ3) is 5.86. The van der Waals surface area contributed by atoms with Crippen molar-refractivity contribution in [3.63, 3.8) is 0 Å². The lowest BCUT2D eigenvalue weighted by atomic mass is 9.93. The second-order valence-corrected chi connectivity index (χ2v) is 11.7. The van der Waals surface area contributed by atoms with Crippen LogP contribution in [0.5, 0.6) is 0 Å². The molecular formula is C24H31ClFN3O3S. The summed E-state index contributed by atoms with van der Waals surface area (Å²) < 4.78 is 40.5. The molecule has 9 heteroatoms. The summed E-state index contributed by atoms with van der Waals surface area (Å²) in [5.41, 5.74) is 0.145. The fourth-order valence-corrected chi connectivity index (χ4v) is 5.46. The quantitative estimate of drug-likeness (QED) is 0.612. The van der Waals surface area contributed by atoms with Crippen LogP contribution in [0.3, 0.4) is 0 Å². The Morgan fingerprint density at radius 1 is 1.24 bits per heavy atom. The third-order valence-electron chi connectivity index (χ3n) is 6.23. The van der Waals surface area contributed by atoms with Crippen molar-refractivity contribution in [1.29, 1.82) is 0 Å². The lowest BCUT2D eigenvalue weighted by Crippen LogP contribution is -2.54. The lowest BCUT2D eigenvalue weighted by molar-refractivity contribution is 0.0657. The maximum atomic E-state index is 13.2. The summed E-state index contributed by atoms with van der Waals surface area (Å²) in [6.07, 6.45) is 2.34. The Morgan fingerprint density at radius 3 is 2.55 bits per heavy atom. The number of nitrogens with one attached hydrogen (secondary N) is 1. The molecule has 1 saturated heterocycles. The van der Waals surface area contributed by atoms with Gasteiger partial charge in [0.2, 0.25) is 0 Å². The van der Waals surface area contributed by atoms with Crippen molar-refractivity contribution in [1.82, 2.24) is 10.2 Å². The first kappa shape index (κ1) is 25.5. The molecule has 0 spiro atoms. The van der Waals surface area contributed by atoms with E-state index in [4.69, 9.17) is 11.6 Å². The van der Waals surface area contributed by atoms with E-state index >= 15 is 0 Å². The zero-order valence-corrected chi connectivity index (χ0v) is 21.0. The van der Waals surface area contributed by atoms with Gasteiger partial charge in [-0.25, -0.2) is 12.8 Å². The van der Waals surface area contributed by atoms with Gasteiger partial charge in [-0.15, -0.1) is 0 Å². The number of carbonyl (C=O) groups excluding carboxylic acids is 1. The maximum Gasteiger partial charge on any atom is 0.264 e. The van der Waals surface area contributed by atoms with Crippen molar-refractivity contribution in [2.45, 2.75) is 44.0 Å². The summed E-state index contributed by atoms with van der Waals surface area (Å²) >= 11 is 6.25. The van der Waals surface area contributed by atoms with E-state index in [1.807, 2.05) is 0 Å². The van der Waals surface area contributed by atoms with Gasteiger partial charge < -0.3 is 5.32 Å². The van der Waals surface area contributed by atoms with Crippen LogP contribution in [0.4, 0.5) is 10.1 Å². The van der Waals surface area contributed by atoms with E-state index in [1.54, 1.807) is 0 Å². The predicted octanol–water partition coefficient (Wildman–Crippen LogP) is 4.54. The van der Waals surface area contributed by atoms with Gasteiger partial charge in [0.25, 0.3) is 15.9 Å². The van der Waals surface area contributed by atoms with Gasteiger partial charge in [-0.2, -0.15) is 0 Å². The zero-order valence-electron chi connectivity index (χ0n) is 19.4. The number of anilines is 1. The monoisotopic (exact) mass is 495 g/mol. The molecule has 0 radical (unpaired) electrons. The van der Waals surface area contributed by atoms with Crippen LogP contribution in [0.25, 0.3) is 0 Å². The fourth-order valence-electron chi connectivity index (χ4n) is 4.03. The number of sulfonamides is 1. The summed E-state index contributed by atoms with van der Waals surface area (Å²) in [6.45, 7) is 8.78. The summed E-state index contributed by atoms with van der Waals surface area (Å²) in [5, 5.41) is 3.09. The van der Waals surface area contributed by atoms with E-state index < -0.39 is 21.7 Å². The Bertz CT molecular complexity index is 1110. The van der Waals surface area contributed by atoms with Crippen molar-refractivity contribution in [3.8, 4) is 0 Å². The highest BCUT2D eigenvalue weighted by atomic mass is 35.5.